The highest BCUT2D eigenvalue weighted by atomic mass is 16.5. The molecule has 0 aliphatic heterocycles. The lowest BCUT2D eigenvalue weighted by Gasteiger charge is -2.14. The second-order valence-electron chi connectivity index (χ2n) is 4.41. The molecule has 3 rings (SSSR count). The molecular weight excluding hydrogens is 238 g/mol. The fourth-order valence-corrected chi connectivity index (χ4v) is 2.33. The first kappa shape index (κ1) is 11.8. The van der Waals surface area contributed by atoms with E-state index in [4.69, 9.17) is 14.9 Å². The van der Waals surface area contributed by atoms with Gasteiger partial charge in [-0.15, -0.1) is 0 Å². The van der Waals surface area contributed by atoms with Crippen LogP contribution in [0.2, 0.25) is 0 Å². The van der Waals surface area contributed by atoms with Crippen LogP contribution in [-0.4, -0.2) is 7.11 Å². The van der Waals surface area contributed by atoms with Crippen molar-refractivity contribution >= 4 is 11.0 Å². The van der Waals surface area contributed by atoms with Crippen molar-refractivity contribution in [2.24, 2.45) is 5.73 Å². The van der Waals surface area contributed by atoms with Gasteiger partial charge in [-0.2, -0.15) is 0 Å². The molecule has 1 aromatic heterocycles. The molecule has 2 aromatic carbocycles. The highest BCUT2D eigenvalue weighted by Gasteiger charge is 2.17. The molecule has 0 amide bonds. The second-order valence-corrected chi connectivity index (χ2v) is 4.41. The third kappa shape index (κ3) is 1.98. The zero-order chi connectivity index (χ0) is 13.2. The van der Waals surface area contributed by atoms with E-state index >= 15 is 0 Å². The number of hydrogen-bond donors (Lipinski definition) is 1. The van der Waals surface area contributed by atoms with Gasteiger partial charge in [-0.25, -0.2) is 0 Å². The lowest BCUT2D eigenvalue weighted by atomic mass is 9.98. The molecular formula is C16H15NO2. The Bertz CT molecular complexity index is 703. The van der Waals surface area contributed by atoms with Crippen molar-refractivity contribution < 1.29 is 9.15 Å². The summed E-state index contributed by atoms with van der Waals surface area (Å²) in [7, 11) is 1.65. The van der Waals surface area contributed by atoms with Gasteiger partial charge in [0, 0.05) is 16.5 Å². The quantitative estimate of drug-likeness (QED) is 0.777. The maximum absolute atomic E-state index is 6.36. The molecule has 1 atom stereocenters. The molecule has 2 N–H and O–H groups in total. The van der Waals surface area contributed by atoms with E-state index in [2.05, 4.69) is 0 Å². The van der Waals surface area contributed by atoms with E-state index in [1.807, 2.05) is 48.5 Å². The molecule has 0 saturated heterocycles. The van der Waals surface area contributed by atoms with Crippen LogP contribution < -0.4 is 10.5 Å². The zero-order valence-corrected chi connectivity index (χ0v) is 10.7. The Balaban J connectivity index is 2.11. The van der Waals surface area contributed by atoms with Gasteiger partial charge in [0.2, 0.25) is 0 Å². The Hall–Kier alpha value is -2.26. The van der Waals surface area contributed by atoms with Crippen LogP contribution in [0.5, 0.6) is 5.75 Å². The van der Waals surface area contributed by atoms with Crippen LogP contribution in [0.15, 0.2) is 59.2 Å². The third-order valence-electron chi connectivity index (χ3n) is 3.32. The number of methoxy groups -OCH3 is 1. The maximum atomic E-state index is 6.36. The molecule has 1 heterocycles. The Morgan fingerprint density at radius 2 is 1.74 bits per heavy atom. The van der Waals surface area contributed by atoms with Gasteiger partial charge >= 0.3 is 0 Å². The minimum Gasteiger partial charge on any atom is -0.496 e. The minimum absolute atomic E-state index is 0.264. The zero-order valence-electron chi connectivity index (χ0n) is 10.7. The van der Waals surface area contributed by atoms with Crippen LogP contribution in [0.25, 0.3) is 11.0 Å². The maximum Gasteiger partial charge on any atom is 0.134 e. The predicted octanol–water partition coefficient (Wildman–Crippen LogP) is 3.49. The Morgan fingerprint density at radius 3 is 2.58 bits per heavy atom. The average Bonchev–Trinajstić information content (AvgIpc) is 2.90. The summed E-state index contributed by atoms with van der Waals surface area (Å²) in [6.07, 6.45) is 1.72. The van der Waals surface area contributed by atoms with Gasteiger partial charge in [-0.05, 0) is 12.1 Å². The van der Waals surface area contributed by atoms with Gasteiger partial charge in [-0.1, -0.05) is 36.4 Å². The van der Waals surface area contributed by atoms with E-state index in [1.54, 1.807) is 13.4 Å². The van der Waals surface area contributed by atoms with Gasteiger partial charge in [0.1, 0.15) is 11.3 Å². The molecule has 0 spiro atoms. The number of ether oxygens (including phenoxy) is 1. The van der Waals surface area contributed by atoms with E-state index < -0.39 is 0 Å². The van der Waals surface area contributed by atoms with Crippen LogP contribution in [0.4, 0.5) is 0 Å². The van der Waals surface area contributed by atoms with E-state index in [0.717, 1.165) is 27.8 Å². The van der Waals surface area contributed by atoms with Gasteiger partial charge in [0.15, 0.2) is 0 Å². The highest BCUT2D eigenvalue weighted by molar-refractivity contribution is 5.82. The van der Waals surface area contributed by atoms with E-state index in [-0.39, 0.29) is 6.04 Å². The highest BCUT2D eigenvalue weighted by Crippen LogP contribution is 2.32. The SMILES string of the molecule is COc1ccccc1C(N)c1coc2ccccc12. The lowest BCUT2D eigenvalue weighted by molar-refractivity contribution is 0.408. The number of benzene rings is 2. The lowest BCUT2D eigenvalue weighted by Crippen LogP contribution is -2.12. The second kappa shape index (κ2) is 4.78. The molecule has 3 heteroatoms. The summed E-state index contributed by atoms with van der Waals surface area (Å²) in [5.74, 6) is 0.792. The van der Waals surface area contributed by atoms with Gasteiger partial charge in [0.05, 0.1) is 19.4 Å². The molecule has 0 saturated carbocycles. The standard InChI is InChI=1S/C16H15NO2/c1-18-14-8-4-3-7-12(14)16(17)13-10-19-15-9-5-2-6-11(13)15/h2-10,16H,17H2,1H3. The van der Waals surface area contributed by atoms with Gasteiger partial charge < -0.3 is 14.9 Å². The normalized spacial score (nSPS) is 12.5. The molecule has 0 fully saturated rings. The molecule has 3 aromatic rings. The summed E-state index contributed by atoms with van der Waals surface area (Å²) in [5, 5.41) is 1.04. The number of nitrogens with two attached hydrogens (primary N) is 1. The van der Waals surface area contributed by atoms with Gasteiger partial charge in [-0.3, -0.25) is 0 Å². The molecule has 19 heavy (non-hydrogen) atoms. The van der Waals surface area contributed by atoms with Crippen molar-refractivity contribution in [3.8, 4) is 5.75 Å². The topological polar surface area (TPSA) is 48.4 Å². The first-order valence-corrected chi connectivity index (χ1v) is 6.16. The van der Waals surface area contributed by atoms with Crippen molar-refractivity contribution in [2.75, 3.05) is 7.11 Å². The van der Waals surface area contributed by atoms with E-state index in [1.165, 1.54) is 0 Å². The number of rotatable bonds is 3. The van der Waals surface area contributed by atoms with Gasteiger partial charge in [0.25, 0.3) is 0 Å². The summed E-state index contributed by atoms with van der Waals surface area (Å²) >= 11 is 0. The van der Waals surface area contributed by atoms with Crippen LogP contribution in [-0.2, 0) is 0 Å². The molecule has 3 nitrogen and oxygen atoms in total. The molecule has 0 radical (unpaired) electrons. The Labute approximate surface area is 111 Å². The minimum atomic E-state index is -0.264. The number of fused-ring (bicyclic) bond motifs is 1. The average molecular weight is 253 g/mol. The summed E-state index contributed by atoms with van der Waals surface area (Å²) < 4.78 is 10.9. The van der Waals surface area contributed by atoms with Crippen molar-refractivity contribution in [3.63, 3.8) is 0 Å². The first-order valence-electron chi connectivity index (χ1n) is 6.16. The van der Waals surface area contributed by atoms with Crippen molar-refractivity contribution in [2.45, 2.75) is 6.04 Å². The molecule has 0 aliphatic carbocycles. The molecule has 0 aliphatic rings. The number of furan rings is 1. The molecule has 1 unspecified atom stereocenters. The monoisotopic (exact) mass is 253 g/mol. The summed E-state index contributed by atoms with van der Waals surface area (Å²) in [6, 6.07) is 15.4. The molecule has 96 valence electrons. The van der Waals surface area contributed by atoms with E-state index in [0.29, 0.717) is 0 Å². The van der Waals surface area contributed by atoms with Crippen LogP contribution in [0.1, 0.15) is 17.2 Å². The fourth-order valence-electron chi connectivity index (χ4n) is 2.33. The third-order valence-corrected chi connectivity index (χ3v) is 3.32. The Kier molecular flexibility index (Phi) is 2.97. The van der Waals surface area contributed by atoms with Crippen molar-refractivity contribution in [1.29, 1.82) is 0 Å². The summed E-state index contributed by atoms with van der Waals surface area (Å²) in [5.41, 5.74) is 9.14. The smallest absolute Gasteiger partial charge is 0.134 e. The predicted molar refractivity (Wildman–Crippen MR) is 75.2 cm³/mol. The fraction of sp³-hybridized carbons (Fsp3) is 0.125. The van der Waals surface area contributed by atoms with Crippen LogP contribution in [0.3, 0.4) is 0 Å². The van der Waals surface area contributed by atoms with Crippen LogP contribution in [0, 0.1) is 0 Å². The first-order chi connectivity index (χ1) is 9.31. The largest absolute Gasteiger partial charge is 0.496 e. The van der Waals surface area contributed by atoms with Crippen molar-refractivity contribution in [1.82, 2.24) is 0 Å². The number of para-hydroxylation sites is 2. The van der Waals surface area contributed by atoms with Crippen LogP contribution >= 0.6 is 0 Å². The number of hydrogen-bond acceptors (Lipinski definition) is 3. The summed E-state index contributed by atoms with van der Waals surface area (Å²) in [4.78, 5) is 0. The Morgan fingerprint density at radius 1 is 1.00 bits per heavy atom. The van der Waals surface area contributed by atoms with Crippen molar-refractivity contribution in [3.05, 3.63) is 65.9 Å². The molecule has 0 bridgehead atoms. The summed E-state index contributed by atoms with van der Waals surface area (Å²) in [6.45, 7) is 0. The van der Waals surface area contributed by atoms with E-state index in [9.17, 15) is 0 Å².